The van der Waals surface area contributed by atoms with Crippen molar-refractivity contribution in [1.29, 1.82) is 0 Å². The predicted octanol–water partition coefficient (Wildman–Crippen LogP) is 5.62. The highest BCUT2D eigenvalue weighted by Crippen LogP contribution is 2.26. The van der Waals surface area contributed by atoms with Gasteiger partial charge in [-0.25, -0.2) is 0 Å². The molecule has 5 nitrogen and oxygen atoms in total. The van der Waals surface area contributed by atoms with Crippen molar-refractivity contribution in [3.8, 4) is 5.75 Å². The van der Waals surface area contributed by atoms with Gasteiger partial charge in [-0.05, 0) is 35.2 Å². The van der Waals surface area contributed by atoms with Gasteiger partial charge in [-0.15, -0.1) is 0 Å². The van der Waals surface area contributed by atoms with Crippen molar-refractivity contribution in [2.75, 3.05) is 26.2 Å². The molecule has 33 heavy (non-hydrogen) atoms. The number of hydrogen-bond donors (Lipinski definition) is 0. The Morgan fingerprint density at radius 1 is 0.879 bits per heavy atom. The second-order valence-electron chi connectivity index (χ2n) is 8.19. The Morgan fingerprint density at radius 2 is 1.64 bits per heavy atom. The van der Waals surface area contributed by atoms with Crippen LogP contribution in [0, 0.1) is 0 Å². The standard InChI is InChI=1S/C27H25ClN2O3/c28-24-10-4-2-7-21(24)18-29-14-16-30(17-15-29)27(31)26-13-12-22(33-26)19-32-25-11-5-8-20-6-1-3-9-23(20)25/h1-13H,14-19H2. The maximum absolute atomic E-state index is 12.9. The molecule has 2 heterocycles. The van der Waals surface area contributed by atoms with Gasteiger partial charge in [0.2, 0.25) is 0 Å². The third-order valence-corrected chi connectivity index (χ3v) is 6.37. The van der Waals surface area contributed by atoms with E-state index in [0.29, 0.717) is 24.6 Å². The highest BCUT2D eigenvalue weighted by Gasteiger charge is 2.24. The Morgan fingerprint density at radius 3 is 2.48 bits per heavy atom. The molecule has 0 unspecified atom stereocenters. The molecule has 0 bridgehead atoms. The number of fused-ring (bicyclic) bond motifs is 1. The third-order valence-electron chi connectivity index (χ3n) is 6.00. The van der Waals surface area contributed by atoms with Crippen molar-refractivity contribution in [3.63, 3.8) is 0 Å². The van der Waals surface area contributed by atoms with E-state index in [0.717, 1.165) is 46.7 Å². The lowest BCUT2D eigenvalue weighted by Gasteiger charge is -2.34. The van der Waals surface area contributed by atoms with Gasteiger partial charge < -0.3 is 14.1 Å². The lowest BCUT2D eigenvalue weighted by Crippen LogP contribution is -2.48. The van der Waals surface area contributed by atoms with E-state index in [-0.39, 0.29) is 12.5 Å². The first-order valence-electron chi connectivity index (χ1n) is 11.1. The molecule has 0 saturated carbocycles. The third kappa shape index (κ3) is 4.90. The number of piperazine rings is 1. The Balaban J connectivity index is 1.16. The molecule has 0 radical (unpaired) electrons. The van der Waals surface area contributed by atoms with Crippen LogP contribution in [-0.2, 0) is 13.2 Å². The van der Waals surface area contributed by atoms with Crippen LogP contribution in [0.25, 0.3) is 10.8 Å². The molecular weight excluding hydrogens is 436 g/mol. The molecule has 1 aromatic heterocycles. The average Bonchev–Trinajstić information content (AvgIpc) is 3.33. The summed E-state index contributed by atoms with van der Waals surface area (Å²) in [5, 5.41) is 2.96. The lowest BCUT2D eigenvalue weighted by atomic mass is 10.1. The van der Waals surface area contributed by atoms with Crippen LogP contribution in [0.1, 0.15) is 21.9 Å². The number of hydrogen-bond acceptors (Lipinski definition) is 4. The summed E-state index contributed by atoms with van der Waals surface area (Å²) in [6, 6.07) is 25.5. The maximum Gasteiger partial charge on any atom is 0.289 e. The first kappa shape index (κ1) is 21.6. The Labute approximate surface area is 198 Å². The molecule has 0 atom stereocenters. The van der Waals surface area contributed by atoms with Crippen molar-refractivity contribution < 1.29 is 13.9 Å². The molecule has 0 N–H and O–H groups in total. The van der Waals surface area contributed by atoms with Crippen molar-refractivity contribution in [2.45, 2.75) is 13.2 Å². The van der Waals surface area contributed by atoms with Crippen LogP contribution >= 0.6 is 11.6 Å². The molecule has 1 saturated heterocycles. The van der Waals surface area contributed by atoms with Crippen molar-refractivity contribution in [2.24, 2.45) is 0 Å². The SMILES string of the molecule is O=C(c1ccc(COc2cccc3ccccc23)o1)N1CCN(Cc2ccccc2Cl)CC1. The van der Waals surface area contributed by atoms with E-state index in [1.165, 1.54) is 0 Å². The highest BCUT2D eigenvalue weighted by molar-refractivity contribution is 6.31. The summed E-state index contributed by atoms with van der Waals surface area (Å²) in [4.78, 5) is 17.1. The topological polar surface area (TPSA) is 45.9 Å². The summed E-state index contributed by atoms with van der Waals surface area (Å²) in [6.45, 7) is 3.98. The number of carbonyl (C=O) groups excluding carboxylic acids is 1. The summed E-state index contributed by atoms with van der Waals surface area (Å²) < 4.78 is 11.8. The van der Waals surface area contributed by atoms with Gasteiger partial charge in [0.1, 0.15) is 18.1 Å². The largest absolute Gasteiger partial charge is 0.485 e. The molecule has 6 heteroatoms. The normalized spacial score (nSPS) is 14.5. The van der Waals surface area contributed by atoms with Crippen LogP contribution in [0.4, 0.5) is 0 Å². The summed E-state index contributed by atoms with van der Waals surface area (Å²) in [7, 11) is 0. The van der Waals surface area contributed by atoms with Crippen molar-refractivity contribution in [3.05, 3.63) is 101 Å². The second-order valence-corrected chi connectivity index (χ2v) is 8.60. The average molecular weight is 461 g/mol. The van der Waals surface area contributed by atoms with Crippen LogP contribution in [0.2, 0.25) is 5.02 Å². The molecule has 5 rings (SSSR count). The molecule has 1 aliphatic rings. The second kappa shape index (κ2) is 9.69. The Kier molecular flexibility index (Phi) is 6.33. The number of nitrogens with zero attached hydrogens (tertiary/aromatic N) is 2. The van der Waals surface area contributed by atoms with E-state index in [2.05, 4.69) is 17.0 Å². The summed E-state index contributed by atoms with van der Waals surface area (Å²) >= 11 is 6.28. The number of furan rings is 1. The molecule has 3 aromatic carbocycles. The molecule has 1 amide bonds. The van der Waals surface area contributed by atoms with Gasteiger partial charge in [0.25, 0.3) is 5.91 Å². The van der Waals surface area contributed by atoms with Gasteiger partial charge in [0, 0.05) is 43.1 Å². The van der Waals surface area contributed by atoms with Gasteiger partial charge in [-0.1, -0.05) is 66.2 Å². The zero-order chi connectivity index (χ0) is 22.6. The van der Waals surface area contributed by atoms with E-state index >= 15 is 0 Å². The first-order valence-corrected chi connectivity index (χ1v) is 11.5. The minimum Gasteiger partial charge on any atom is -0.485 e. The summed E-state index contributed by atoms with van der Waals surface area (Å²) in [6.07, 6.45) is 0. The Hall–Kier alpha value is -3.28. The smallest absolute Gasteiger partial charge is 0.289 e. The van der Waals surface area contributed by atoms with E-state index in [1.807, 2.05) is 65.6 Å². The molecule has 0 spiro atoms. The lowest BCUT2D eigenvalue weighted by molar-refractivity contribution is 0.0594. The van der Waals surface area contributed by atoms with Crippen LogP contribution in [0.15, 0.2) is 83.3 Å². The van der Waals surface area contributed by atoms with Gasteiger partial charge in [0.15, 0.2) is 5.76 Å². The fourth-order valence-electron chi connectivity index (χ4n) is 4.17. The number of rotatable bonds is 6. The molecule has 1 fully saturated rings. The Bertz CT molecular complexity index is 1260. The number of amides is 1. The first-order chi connectivity index (χ1) is 16.2. The monoisotopic (exact) mass is 460 g/mol. The van der Waals surface area contributed by atoms with Gasteiger partial charge in [0.05, 0.1) is 0 Å². The highest BCUT2D eigenvalue weighted by atomic mass is 35.5. The van der Waals surface area contributed by atoms with Crippen LogP contribution in [-0.4, -0.2) is 41.9 Å². The van der Waals surface area contributed by atoms with Crippen LogP contribution < -0.4 is 4.74 Å². The molecule has 1 aliphatic heterocycles. The molecule has 0 aliphatic carbocycles. The van der Waals surface area contributed by atoms with E-state index in [1.54, 1.807) is 6.07 Å². The minimum absolute atomic E-state index is 0.0798. The number of ether oxygens (including phenoxy) is 1. The number of carbonyl (C=O) groups is 1. The zero-order valence-corrected chi connectivity index (χ0v) is 19.0. The predicted molar refractivity (Wildman–Crippen MR) is 130 cm³/mol. The number of halogens is 1. The van der Waals surface area contributed by atoms with Crippen molar-refractivity contribution >= 4 is 28.3 Å². The van der Waals surface area contributed by atoms with Crippen molar-refractivity contribution in [1.82, 2.24) is 9.80 Å². The number of benzene rings is 3. The molecule has 4 aromatic rings. The van der Waals surface area contributed by atoms with Gasteiger partial charge in [-0.2, -0.15) is 0 Å². The van der Waals surface area contributed by atoms with E-state index in [4.69, 9.17) is 20.8 Å². The fraction of sp³-hybridized carbons (Fsp3) is 0.222. The van der Waals surface area contributed by atoms with Gasteiger partial charge in [-0.3, -0.25) is 9.69 Å². The van der Waals surface area contributed by atoms with E-state index < -0.39 is 0 Å². The molecular formula is C27H25ClN2O3. The fourth-order valence-corrected chi connectivity index (χ4v) is 4.37. The summed E-state index contributed by atoms with van der Waals surface area (Å²) in [5.74, 6) is 1.70. The van der Waals surface area contributed by atoms with Crippen LogP contribution in [0.3, 0.4) is 0 Å². The maximum atomic E-state index is 12.9. The summed E-state index contributed by atoms with van der Waals surface area (Å²) in [5.41, 5.74) is 1.11. The van der Waals surface area contributed by atoms with Crippen LogP contribution in [0.5, 0.6) is 5.75 Å². The van der Waals surface area contributed by atoms with E-state index in [9.17, 15) is 4.79 Å². The molecule has 168 valence electrons. The quantitative estimate of drug-likeness (QED) is 0.374. The van der Waals surface area contributed by atoms with Gasteiger partial charge >= 0.3 is 0 Å². The minimum atomic E-state index is -0.0798. The zero-order valence-electron chi connectivity index (χ0n) is 18.2.